The van der Waals surface area contributed by atoms with E-state index in [0.717, 1.165) is 12.2 Å². The summed E-state index contributed by atoms with van der Waals surface area (Å²) in [6, 6.07) is 14.8. The van der Waals surface area contributed by atoms with E-state index < -0.39 is 0 Å². The van der Waals surface area contributed by atoms with Crippen molar-refractivity contribution in [1.29, 1.82) is 10.5 Å². The predicted octanol–water partition coefficient (Wildman–Crippen LogP) is 4.09. The molecule has 3 nitrogen and oxygen atoms in total. The zero-order valence-corrected chi connectivity index (χ0v) is 11.5. The molecule has 20 heavy (non-hydrogen) atoms. The molecule has 0 atom stereocenters. The molecule has 0 N–H and O–H groups in total. The molecule has 0 heterocycles. The van der Waals surface area contributed by atoms with Crippen LogP contribution in [0.1, 0.15) is 29.2 Å². The van der Waals surface area contributed by atoms with E-state index in [1.807, 2.05) is 30.3 Å². The molecular weight excluding hydrogens is 248 g/mol. The van der Waals surface area contributed by atoms with Crippen LogP contribution >= 0.6 is 0 Å². The Morgan fingerprint density at radius 1 is 0.950 bits per heavy atom. The first-order chi connectivity index (χ1) is 9.67. The summed E-state index contributed by atoms with van der Waals surface area (Å²) in [5.41, 5.74) is 3.15. The second-order valence-corrected chi connectivity index (χ2v) is 4.47. The Morgan fingerprint density at radius 2 is 1.60 bits per heavy atom. The lowest BCUT2D eigenvalue weighted by atomic mass is 10.1. The molecule has 98 valence electrons. The highest BCUT2D eigenvalue weighted by Crippen LogP contribution is 2.25. The standard InChI is InChI=1S/C17H14N2O/c1-3-13-8-16(6-4-12(13)2)20-17-7-5-14(10-18)15(9-17)11-19/h4-9H,3H2,1-2H3. The summed E-state index contributed by atoms with van der Waals surface area (Å²) in [6.07, 6.45) is 0.944. The fourth-order valence-corrected chi connectivity index (χ4v) is 2.01. The largest absolute Gasteiger partial charge is 0.457 e. The van der Waals surface area contributed by atoms with Crippen molar-refractivity contribution < 1.29 is 4.74 Å². The first kappa shape index (κ1) is 13.6. The van der Waals surface area contributed by atoms with Crippen molar-refractivity contribution in [2.24, 2.45) is 0 Å². The van der Waals surface area contributed by atoms with Gasteiger partial charge in [-0.05, 0) is 54.8 Å². The molecule has 0 saturated carbocycles. The van der Waals surface area contributed by atoms with Gasteiger partial charge in [0.05, 0.1) is 11.1 Å². The highest BCUT2D eigenvalue weighted by Gasteiger charge is 2.05. The Kier molecular flexibility index (Phi) is 4.03. The van der Waals surface area contributed by atoms with Crippen LogP contribution in [-0.2, 0) is 6.42 Å². The second-order valence-electron chi connectivity index (χ2n) is 4.47. The van der Waals surface area contributed by atoms with Crippen LogP contribution in [0.3, 0.4) is 0 Å². The Bertz CT molecular complexity index is 721. The van der Waals surface area contributed by atoms with E-state index in [9.17, 15) is 0 Å². The number of rotatable bonds is 3. The maximum absolute atomic E-state index is 9.00. The molecule has 2 aromatic carbocycles. The zero-order chi connectivity index (χ0) is 14.5. The van der Waals surface area contributed by atoms with Gasteiger partial charge in [-0.3, -0.25) is 0 Å². The van der Waals surface area contributed by atoms with E-state index in [4.69, 9.17) is 15.3 Å². The van der Waals surface area contributed by atoms with Crippen LogP contribution in [0, 0.1) is 29.6 Å². The third-order valence-electron chi connectivity index (χ3n) is 3.17. The average Bonchev–Trinajstić information content (AvgIpc) is 2.49. The van der Waals surface area contributed by atoms with Gasteiger partial charge in [0.1, 0.15) is 23.6 Å². The van der Waals surface area contributed by atoms with Crippen molar-refractivity contribution >= 4 is 0 Å². The fourth-order valence-electron chi connectivity index (χ4n) is 2.01. The lowest BCUT2D eigenvalue weighted by Gasteiger charge is -2.09. The molecule has 0 aromatic heterocycles. The number of nitriles is 2. The van der Waals surface area contributed by atoms with Crippen LogP contribution in [-0.4, -0.2) is 0 Å². The third-order valence-corrected chi connectivity index (χ3v) is 3.17. The lowest BCUT2D eigenvalue weighted by molar-refractivity contribution is 0.481. The van der Waals surface area contributed by atoms with Crippen LogP contribution in [0.4, 0.5) is 0 Å². The summed E-state index contributed by atoms with van der Waals surface area (Å²) in [6.45, 7) is 4.17. The topological polar surface area (TPSA) is 56.8 Å². The van der Waals surface area contributed by atoms with E-state index >= 15 is 0 Å². The molecular formula is C17H14N2O. The minimum Gasteiger partial charge on any atom is -0.457 e. The number of nitrogens with zero attached hydrogens (tertiary/aromatic N) is 2. The van der Waals surface area contributed by atoms with Gasteiger partial charge in [0, 0.05) is 0 Å². The van der Waals surface area contributed by atoms with Crippen LogP contribution in [0.2, 0.25) is 0 Å². The molecule has 0 aliphatic rings. The average molecular weight is 262 g/mol. The second kappa shape index (κ2) is 5.91. The van der Waals surface area contributed by atoms with Crippen LogP contribution in [0.15, 0.2) is 36.4 Å². The van der Waals surface area contributed by atoms with E-state index in [1.165, 1.54) is 11.1 Å². The third kappa shape index (κ3) is 2.79. The summed E-state index contributed by atoms with van der Waals surface area (Å²) in [5, 5.41) is 17.9. The molecule has 0 saturated heterocycles. The minimum atomic E-state index is 0.327. The van der Waals surface area contributed by atoms with Crippen molar-refractivity contribution in [3.8, 4) is 23.6 Å². The maximum Gasteiger partial charge on any atom is 0.128 e. The molecule has 0 aliphatic carbocycles. The summed E-state index contributed by atoms with van der Waals surface area (Å²) < 4.78 is 5.76. The van der Waals surface area contributed by atoms with E-state index in [2.05, 4.69) is 13.8 Å². The number of hydrogen-bond donors (Lipinski definition) is 0. The van der Waals surface area contributed by atoms with Crippen LogP contribution in [0.5, 0.6) is 11.5 Å². The number of ether oxygens (including phenoxy) is 1. The van der Waals surface area contributed by atoms with Crippen molar-refractivity contribution in [1.82, 2.24) is 0 Å². The Morgan fingerprint density at radius 3 is 2.25 bits per heavy atom. The zero-order valence-electron chi connectivity index (χ0n) is 11.5. The molecule has 2 rings (SSSR count). The van der Waals surface area contributed by atoms with Gasteiger partial charge in [0.2, 0.25) is 0 Å². The van der Waals surface area contributed by atoms with Gasteiger partial charge in [0.25, 0.3) is 0 Å². The van der Waals surface area contributed by atoms with Gasteiger partial charge >= 0.3 is 0 Å². The highest BCUT2D eigenvalue weighted by atomic mass is 16.5. The molecule has 0 unspecified atom stereocenters. The van der Waals surface area contributed by atoms with Crippen molar-refractivity contribution in [3.63, 3.8) is 0 Å². The SMILES string of the molecule is CCc1cc(Oc2ccc(C#N)c(C#N)c2)ccc1C. The Labute approximate surface area is 118 Å². The maximum atomic E-state index is 9.00. The van der Waals surface area contributed by atoms with Crippen molar-refractivity contribution in [2.75, 3.05) is 0 Å². The molecule has 0 spiro atoms. The van der Waals surface area contributed by atoms with Gasteiger partial charge in [-0.1, -0.05) is 13.0 Å². The summed E-state index contributed by atoms with van der Waals surface area (Å²) >= 11 is 0. The Balaban J connectivity index is 2.31. The smallest absolute Gasteiger partial charge is 0.128 e. The van der Waals surface area contributed by atoms with Gasteiger partial charge in [0.15, 0.2) is 0 Å². The highest BCUT2D eigenvalue weighted by molar-refractivity contribution is 5.50. The first-order valence-corrected chi connectivity index (χ1v) is 6.39. The lowest BCUT2D eigenvalue weighted by Crippen LogP contribution is -1.91. The number of benzene rings is 2. The monoisotopic (exact) mass is 262 g/mol. The minimum absolute atomic E-state index is 0.327. The van der Waals surface area contributed by atoms with Crippen molar-refractivity contribution in [3.05, 3.63) is 58.7 Å². The summed E-state index contributed by atoms with van der Waals surface area (Å²) in [4.78, 5) is 0. The normalized spacial score (nSPS) is 9.60. The Hall–Kier alpha value is -2.78. The molecule has 0 fully saturated rings. The quantitative estimate of drug-likeness (QED) is 0.837. The molecule has 0 aliphatic heterocycles. The van der Waals surface area contributed by atoms with Gasteiger partial charge in [-0.2, -0.15) is 10.5 Å². The summed E-state index contributed by atoms with van der Waals surface area (Å²) in [5.74, 6) is 1.30. The first-order valence-electron chi connectivity index (χ1n) is 6.39. The molecule has 0 radical (unpaired) electrons. The fraction of sp³-hybridized carbons (Fsp3) is 0.176. The van der Waals surface area contributed by atoms with E-state index in [1.54, 1.807) is 18.2 Å². The van der Waals surface area contributed by atoms with Crippen molar-refractivity contribution in [2.45, 2.75) is 20.3 Å². The van der Waals surface area contributed by atoms with E-state index in [0.29, 0.717) is 16.9 Å². The predicted molar refractivity (Wildman–Crippen MR) is 76.5 cm³/mol. The molecule has 0 amide bonds. The summed E-state index contributed by atoms with van der Waals surface area (Å²) in [7, 11) is 0. The number of hydrogen-bond acceptors (Lipinski definition) is 3. The van der Waals surface area contributed by atoms with Gasteiger partial charge < -0.3 is 4.74 Å². The van der Waals surface area contributed by atoms with Gasteiger partial charge in [-0.25, -0.2) is 0 Å². The molecule has 2 aromatic rings. The van der Waals surface area contributed by atoms with E-state index in [-0.39, 0.29) is 0 Å². The van der Waals surface area contributed by atoms with Gasteiger partial charge in [-0.15, -0.1) is 0 Å². The van der Waals surface area contributed by atoms with Crippen LogP contribution in [0.25, 0.3) is 0 Å². The van der Waals surface area contributed by atoms with Crippen LogP contribution < -0.4 is 4.74 Å². The molecule has 3 heteroatoms. The number of aryl methyl sites for hydroxylation is 2. The molecule has 0 bridgehead atoms.